The van der Waals surface area contributed by atoms with Crippen LogP contribution in [0.1, 0.15) is 16.7 Å². The molecule has 9 heteroatoms. The van der Waals surface area contributed by atoms with Crippen LogP contribution in [0.3, 0.4) is 0 Å². The van der Waals surface area contributed by atoms with Gasteiger partial charge in [0.25, 0.3) is 10.0 Å². The summed E-state index contributed by atoms with van der Waals surface area (Å²) in [4.78, 5) is 16.1. The molecule has 25 heavy (non-hydrogen) atoms. The third kappa shape index (κ3) is 4.02. The zero-order chi connectivity index (χ0) is 18.9. The number of halogens is 1. The first-order valence-electron chi connectivity index (χ1n) is 7.55. The highest BCUT2D eigenvalue weighted by Crippen LogP contribution is 2.23. The Labute approximate surface area is 152 Å². The molecule has 0 aliphatic heterocycles. The molecule has 2 aromatic rings. The van der Waals surface area contributed by atoms with Crippen LogP contribution in [0.2, 0.25) is 5.15 Å². The maximum atomic E-state index is 12.5. The number of hydrogen-bond acceptors (Lipinski definition) is 4. The standard InChI is InChI=1S/C16H21ClN4O3S/c1-10-6-11(2)14(12(3)7-10)19-13(22)8-21(5)25(23,24)16-15(17)20(4)9-18-16/h6-7,9H,8H2,1-5H3,(H,19,22). The van der Waals surface area contributed by atoms with Crippen LogP contribution >= 0.6 is 11.6 Å². The SMILES string of the molecule is Cc1cc(C)c(NC(=O)CN(C)S(=O)(=O)c2ncn(C)c2Cl)c(C)c1. The zero-order valence-electron chi connectivity index (χ0n) is 14.8. The molecule has 0 aliphatic carbocycles. The monoisotopic (exact) mass is 384 g/mol. The molecule has 0 radical (unpaired) electrons. The van der Waals surface area contributed by atoms with Crippen LogP contribution in [0.25, 0.3) is 0 Å². The Bertz CT molecular complexity index is 898. The van der Waals surface area contributed by atoms with Crippen LogP contribution in [0.5, 0.6) is 0 Å². The van der Waals surface area contributed by atoms with Crippen molar-refractivity contribution in [2.24, 2.45) is 7.05 Å². The number of carbonyl (C=O) groups is 1. The largest absolute Gasteiger partial charge is 0.324 e. The summed E-state index contributed by atoms with van der Waals surface area (Å²) in [6, 6.07) is 3.91. The number of rotatable bonds is 5. The number of nitrogens with zero attached hydrogens (tertiary/aromatic N) is 3. The molecule has 0 saturated heterocycles. The normalized spacial score (nSPS) is 11.8. The number of aryl methyl sites for hydroxylation is 4. The number of aromatic nitrogens is 2. The van der Waals surface area contributed by atoms with Crippen molar-refractivity contribution in [3.63, 3.8) is 0 Å². The van der Waals surface area contributed by atoms with E-state index in [0.29, 0.717) is 5.69 Å². The lowest BCUT2D eigenvalue weighted by molar-refractivity contribution is -0.116. The van der Waals surface area contributed by atoms with E-state index in [1.165, 1.54) is 17.9 Å². The van der Waals surface area contributed by atoms with Crippen molar-refractivity contribution in [2.45, 2.75) is 25.8 Å². The van der Waals surface area contributed by atoms with E-state index in [0.717, 1.165) is 21.0 Å². The predicted octanol–water partition coefficient (Wildman–Crippen LogP) is 2.26. The van der Waals surface area contributed by atoms with Gasteiger partial charge in [0.2, 0.25) is 10.9 Å². The highest BCUT2D eigenvalue weighted by Gasteiger charge is 2.28. The lowest BCUT2D eigenvalue weighted by Gasteiger charge is -2.17. The van der Waals surface area contributed by atoms with Crippen LogP contribution in [-0.4, -0.2) is 41.8 Å². The number of likely N-dealkylation sites (N-methyl/N-ethyl adjacent to an activating group) is 1. The van der Waals surface area contributed by atoms with E-state index in [-0.39, 0.29) is 16.7 Å². The van der Waals surface area contributed by atoms with E-state index in [9.17, 15) is 13.2 Å². The summed E-state index contributed by atoms with van der Waals surface area (Å²) in [6.07, 6.45) is 1.31. The molecule has 7 nitrogen and oxygen atoms in total. The van der Waals surface area contributed by atoms with Crippen LogP contribution in [0, 0.1) is 20.8 Å². The minimum atomic E-state index is -3.95. The van der Waals surface area contributed by atoms with E-state index in [1.54, 1.807) is 7.05 Å². The average molecular weight is 385 g/mol. The Kier molecular flexibility index (Phi) is 5.55. The second-order valence-electron chi connectivity index (χ2n) is 6.03. The first-order chi connectivity index (χ1) is 11.5. The summed E-state index contributed by atoms with van der Waals surface area (Å²) in [5, 5.41) is 2.51. The van der Waals surface area contributed by atoms with Gasteiger partial charge in [0.05, 0.1) is 12.9 Å². The summed E-state index contributed by atoms with van der Waals surface area (Å²) in [7, 11) is -1.05. The van der Waals surface area contributed by atoms with Crippen LogP contribution < -0.4 is 5.32 Å². The molecule has 1 amide bonds. The Balaban J connectivity index is 2.17. The Morgan fingerprint density at radius 2 is 1.84 bits per heavy atom. The number of amides is 1. The number of benzene rings is 1. The van der Waals surface area contributed by atoms with Gasteiger partial charge in [-0.15, -0.1) is 0 Å². The highest BCUT2D eigenvalue weighted by atomic mass is 35.5. The lowest BCUT2D eigenvalue weighted by Crippen LogP contribution is -2.35. The highest BCUT2D eigenvalue weighted by molar-refractivity contribution is 7.89. The summed E-state index contributed by atoms with van der Waals surface area (Å²) >= 11 is 5.95. The topological polar surface area (TPSA) is 84.3 Å². The lowest BCUT2D eigenvalue weighted by atomic mass is 10.1. The summed E-state index contributed by atoms with van der Waals surface area (Å²) in [6.45, 7) is 5.41. The van der Waals surface area contributed by atoms with Crippen LogP contribution in [0.4, 0.5) is 5.69 Å². The fourth-order valence-corrected chi connectivity index (χ4v) is 4.06. The molecule has 0 aliphatic rings. The molecule has 2 rings (SSSR count). The van der Waals surface area contributed by atoms with Gasteiger partial charge in [-0.05, 0) is 31.9 Å². The summed E-state index contributed by atoms with van der Waals surface area (Å²) < 4.78 is 27.4. The zero-order valence-corrected chi connectivity index (χ0v) is 16.4. The molecule has 0 bridgehead atoms. The predicted molar refractivity (Wildman–Crippen MR) is 97.3 cm³/mol. The maximum absolute atomic E-state index is 12.5. The second-order valence-corrected chi connectivity index (χ2v) is 8.35. The molecule has 1 aromatic carbocycles. The van der Waals surface area contributed by atoms with Crippen molar-refractivity contribution < 1.29 is 13.2 Å². The summed E-state index contributed by atoms with van der Waals surface area (Å²) in [5.41, 5.74) is 3.63. The third-order valence-electron chi connectivity index (χ3n) is 3.80. The van der Waals surface area contributed by atoms with Gasteiger partial charge < -0.3 is 9.88 Å². The van der Waals surface area contributed by atoms with Crippen molar-refractivity contribution in [1.29, 1.82) is 0 Å². The fourth-order valence-electron chi connectivity index (χ4n) is 2.56. The third-order valence-corrected chi connectivity index (χ3v) is 6.09. The fraction of sp³-hybridized carbons (Fsp3) is 0.375. The van der Waals surface area contributed by atoms with Crippen molar-refractivity contribution in [3.8, 4) is 0 Å². The van der Waals surface area contributed by atoms with Gasteiger partial charge in [-0.25, -0.2) is 13.4 Å². The number of carbonyl (C=O) groups excluding carboxylic acids is 1. The molecule has 1 aromatic heterocycles. The molecule has 0 fully saturated rings. The average Bonchev–Trinajstić information content (AvgIpc) is 2.83. The minimum Gasteiger partial charge on any atom is -0.324 e. The molecule has 0 unspecified atom stereocenters. The van der Waals surface area contributed by atoms with E-state index < -0.39 is 15.9 Å². The quantitative estimate of drug-likeness (QED) is 0.856. The van der Waals surface area contributed by atoms with Crippen LogP contribution in [-0.2, 0) is 21.9 Å². The smallest absolute Gasteiger partial charge is 0.263 e. The Hall–Kier alpha value is -1.90. The number of imidazole rings is 1. The maximum Gasteiger partial charge on any atom is 0.263 e. The molecule has 0 saturated carbocycles. The van der Waals surface area contributed by atoms with Gasteiger partial charge in [-0.1, -0.05) is 29.3 Å². The van der Waals surface area contributed by atoms with E-state index in [1.807, 2.05) is 32.9 Å². The van der Waals surface area contributed by atoms with Crippen molar-refractivity contribution in [3.05, 3.63) is 40.3 Å². The van der Waals surface area contributed by atoms with Crippen molar-refractivity contribution >= 4 is 33.2 Å². The minimum absolute atomic E-state index is 0.00233. The summed E-state index contributed by atoms with van der Waals surface area (Å²) in [5.74, 6) is -0.437. The van der Waals surface area contributed by atoms with Crippen molar-refractivity contribution in [2.75, 3.05) is 18.9 Å². The number of sulfonamides is 1. The van der Waals surface area contributed by atoms with E-state index >= 15 is 0 Å². The Morgan fingerprint density at radius 1 is 1.28 bits per heavy atom. The molecular formula is C16H21ClN4O3S. The number of anilines is 1. The van der Waals surface area contributed by atoms with E-state index in [2.05, 4.69) is 10.3 Å². The van der Waals surface area contributed by atoms with Gasteiger partial charge in [0, 0.05) is 19.8 Å². The van der Waals surface area contributed by atoms with Crippen LogP contribution in [0.15, 0.2) is 23.5 Å². The second kappa shape index (κ2) is 7.15. The van der Waals surface area contributed by atoms with Gasteiger partial charge in [0.1, 0.15) is 5.15 Å². The number of nitrogens with one attached hydrogen (secondary N) is 1. The molecule has 1 heterocycles. The van der Waals surface area contributed by atoms with E-state index in [4.69, 9.17) is 11.6 Å². The first-order valence-corrected chi connectivity index (χ1v) is 9.36. The van der Waals surface area contributed by atoms with Gasteiger partial charge in [-0.2, -0.15) is 4.31 Å². The van der Waals surface area contributed by atoms with Crippen molar-refractivity contribution in [1.82, 2.24) is 13.9 Å². The molecule has 0 atom stereocenters. The van der Waals surface area contributed by atoms with Gasteiger partial charge >= 0.3 is 0 Å². The Morgan fingerprint density at radius 3 is 2.32 bits per heavy atom. The first kappa shape index (κ1) is 19.4. The van der Waals surface area contributed by atoms with Gasteiger partial charge in [-0.3, -0.25) is 4.79 Å². The number of hydrogen-bond donors (Lipinski definition) is 1. The molecule has 0 spiro atoms. The van der Waals surface area contributed by atoms with Gasteiger partial charge in [0.15, 0.2) is 0 Å². The molecule has 1 N–H and O–H groups in total. The molecular weight excluding hydrogens is 364 g/mol. The molecule has 136 valence electrons.